The molecule has 0 fully saturated rings. The van der Waals surface area contributed by atoms with Crippen molar-refractivity contribution in [1.29, 1.82) is 0 Å². The van der Waals surface area contributed by atoms with Gasteiger partial charge < -0.3 is 10.1 Å². The number of aromatic nitrogens is 4. The number of fused-ring (bicyclic) bond motifs is 1. The molecule has 11 heteroatoms. The van der Waals surface area contributed by atoms with Gasteiger partial charge in [0.2, 0.25) is 0 Å². The van der Waals surface area contributed by atoms with E-state index >= 15 is 0 Å². The second-order valence-corrected chi connectivity index (χ2v) is 7.14. The number of amides is 1. The van der Waals surface area contributed by atoms with Gasteiger partial charge in [-0.1, -0.05) is 12.1 Å². The lowest BCUT2D eigenvalue weighted by Crippen LogP contribution is -2.17. The molecule has 0 aliphatic carbocycles. The Labute approximate surface area is 165 Å². The molecule has 0 aliphatic heterocycles. The highest BCUT2D eigenvalue weighted by molar-refractivity contribution is 7.13. The maximum Gasteiger partial charge on any atom is 0.573 e. The second-order valence-electron chi connectivity index (χ2n) is 5.91. The Kier molecular flexibility index (Phi) is 4.66. The van der Waals surface area contributed by atoms with Crippen LogP contribution in [0.5, 0.6) is 5.75 Å². The van der Waals surface area contributed by atoms with Gasteiger partial charge in [0, 0.05) is 16.6 Å². The smallest absolute Gasteiger partial charge is 0.405 e. The Morgan fingerprint density at radius 2 is 1.93 bits per heavy atom. The molecule has 0 bridgehead atoms. The normalized spacial score (nSPS) is 11.6. The van der Waals surface area contributed by atoms with E-state index in [1.165, 1.54) is 46.3 Å². The van der Waals surface area contributed by atoms with Crippen LogP contribution in [0, 0.1) is 6.92 Å². The Hall–Kier alpha value is -3.47. The molecular weight excluding hydrogens is 407 g/mol. The van der Waals surface area contributed by atoms with Crippen molar-refractivity contribution in [2.45, 2.75) is 13.3 Å². The van der Waals surface area contributed by atoms with Crippen molar-refractivity contribution >= 4 is 28.7 Å². The lowest BCUT2D eigenvalue weighted by Gasteiger charge is -2.13. The van der Waals surface area contributed by atoms with E-state index in [2.05, 4.69) is 25.1 Å². The number of carbonyl (C=O) groups is 1. The number of nitrogens with zero attached hydrogens (tertiary/aromatic N) is 4. The number of carbonyl (C=O) groups excluding carboxylic acids is 1. The van der Waals surface area contributed by atoms with Gasteiger partial charge in [-0.25, -0.2) is 9.97 Å². The summed E-state index contributed by atoms with van der Waals surface area (Å²) >= 11 is 1.23. The maximum absolute atomic E-state index is 12.7. The number of anilines is 1. The van der Waals surface area contributed by atoms with E-state index in [0.29, 0.717) is 5.65 Å². The lowest BCUT2D eigenvalue weighted by atomic mass is 10.1. The SMILES string of the molecule is Cc1cnc(C(=O)Nc2cnc3ccc(-c4ccccc4OC(F)(F)F)nn23)s1. The first-order valence-electron chi connectivity index (χ1n) is 8.24. The van der Waals surface area contributed by atoms with Crippen LogP contribution in [0.25, 0.3) is 16.9 Å². The number of thiazole rings is 1. The lowest BCUT2D eigenvalue weighted by molar-refractivity contribution is -0.274. The minimum Gasteiger partial charge on any atom is -0.405 e. The summed E-state index contributed by atoms with van der Waals surface area (Å²) in [6, 6.07) is 8.78. The number of hydrogen-bond acceptors (Lipinski definition) is 6. The van der Waals surface area contributed by atoms with Crippen molar-refractivity contribution in [1.82, 2.24) is 19.6 Å². The number of ether oxygens (including phenoxy) is 1. The molecule has 4 aromatic rings. The molecule has 0 aliphatic rings. The van der Waals surface area contributed by atoms with Gasteiger partial charge >= 0.3 is 6.36 Å². The summed E-state index contributed by atoms with van der Waals surface area (Å²) in [7, 11) is 0. The molecule has 4 rings (SSSR count). The summed E-state index contributed by atoms with van der Waals surface area (Å²) in [5.41, 5.74) is 0.776. The van der Waals surface area contributed by atoms with Crippen molar-refractivity contribution < 1.29 is 22.7 Å². The molecule has 0 atom stereocenters. The van der Waals surface area contributed by atoms with Crippen LogP contribution in [0.15, 0.2) is 48.8 Å². The molecule has 1 aromatic carbocycles. The van der Waals surface area contributed by atoms with E-state index < -0.39 is 12.3 Å². The van der Waals surface area contributed by atoms with Crippen LogP contribution < -0.4 is 10.1 Å². The van der Waals surface area contributed by atoms with Crippen molar-refractivity contribution in [2.24, 2.45) is 0 Å². The first-order valence-corrected chi connectivity index (χ1v) is 9.05. The quantitative estimate of drug-likeness (QED) is 0.533. The molecule has 29 heavy (non-hydrogen) atoms. The van der Waals surface area contributed by atoms with E-state index in [9.17, 15) is 18.0 Å². The molecule has 0 unspecified atom stereocenters. The summed E-state index contributed by atoms with van der Waals surface area (Å²) < 4.78 is 43.5. The van der Waals surface area contributed by atoms with Gasteiger partial charge in [0.1, 0.15) is 5.75 Å². The minimum atomic E-state index is -4.83. The van der Waals surface area contributed by atoms with Crippen molar-refractivity contribution in [3.8, 4) is 17.0 Å². The van der Waals surface area contributed by atoms with E-state index in [0.717, 1.165) is 4.88 Å². The minimum absolute atomic E-state index is 0.147. The predicted molar refractivity (Wildman–Crippen MR) is 99.9 cm³/mol. The maximum atomic E-state index is 12.7. The first kappa shape index (κ1) is 18.9. The van der Waals surface area contributed by atoms with E-state index in [-0.39, 0.29) is 27.8 Å². The summed E-state index contributed by atoms with van der Waals surface area (Å²) in [5, 5.41) is 7.26. The highest BCUT2D eigenvalue weighted by atomic mass is 32.1. The van der Waals surface area contributed by atoms with Crippen LogP contribution in [-0.4, -0.2) is 31.9 Å². The fraction of sp³-hybridized carbons (Fsp3) is 0.111. The summed E-state index contributed by atoms with van der Waals surface area (Å²) in [5.74, 6) is -0.553. The molecule has 3 heterocycles. The van der Waals surface area contributed by atoms with Gasteiger partial charge in [0.25, 0.3) is 5.91 Å². The van der Waals surface area contributed by atoms with Crippen molar-refractivity contribution in [3.63, 3.8) is 0 Å². The number of para-hydroxylation sites is 1. The predicted octanol–water partition coefficient (Wildman–Crippen LogP) is 4.31. The number of nitrogens with one attached hydrogen (secondary N) is 1. The molecule has 148 valence electrons. The Morgan fingerprint density at radius 1 is 1.14 bits per heavy atom. The number of benzene rings is 1. The number of hydrogen-bond donors (Lipinski definition) is 1. The average molecular weight is 419 g/mol. The Bertz CT molecular complexity index is 1200. The molecule has 3 aromatic heterocycles. The monoisotopic (exact) mass is 419 g/mol. The van der Waals surface area contributed by atoms with E-state index in [1.807, 2.05) is 6.92 Å². The fourth-order valence-corrected chi connectivity index (χ4v) is 3.28. The van der Waals surface area contributed by atoms with Gasteiger partial charge in [-0.2, -0.15) is 9.61 Å². The van der Waals surface area contributed by atoms with Gasteiger partial charge in [0.05, 0.1) is 11.9 Å². The molecule has 0 radical (unpaired) electrons. The van der Waals surface area contributed by atoms with Gasteiger partial charge in [-0.15, -0.1) is 24.5 Å². The van der Waals surface area contributed by atoms with Crippen LogP contribution >= 0.6 is 11.3 Å². The molecule has 0 saturated heterocycles. The van der Waals surface area contributed by atoms with Crippen LogP contribution in [0.3, 0.4) is 0 Å². The van der Waals surface area contributed by atoms with Crippen LogP contribution in [0.2, 0.25) is 0 Å². The summed E-state index contributed by atoms with van der Waals surface area (Å²) in [6.07, 6.45) is -1.84. The largest absolute Gasteiger partial charge is 0.573 e. The zero-order valence-electron chi connectivity index (χ0n) is 14.8. The van der Waals surface area contributed by atoms with Crippen LogP contribution in [-0.2, 0) is 0 Å². The third kappa shape index (κ3) is 4.04. The van der Waals surface area contributed by atoms with Crippen LogP contribution in [0.1, 0.15) is 14.7 Å². The number of aryl methyl sites for hydroxylation is 1. The zero-order valence-corrected chi connectivity index (χ0v) is 15.6. The average Bonchev–Trinajstić information content (AvgIpc) is 3.27. The summed E-state index contributed by atoms with van der Waals surface area (Å²) in [6.45, 7) is 1.83. The molecule has 7 nitrogen and oxygen atoms in total. The standard InChI is InChI=1S/C18H12F3N5O2S/c1-10-8-23-17(29-10)16(27)24-15-9-22-14-7-6-12(25-26(14)15)11-4-2-3-5-13(11)28-18(19,20)21/h2-9H,1H3,(H,24,27). The molecule has 1 N–H and O–H groups in total. The second kappa shape index (κ2) is 7.17. The van der Waals surface area contributed by atoms with Gasteiger partial charge in [0.15, 0.2) is 16.5 Å². The third-order valence-corrected chi connectivity index (χ3v) is 4.72. The molecular formula is C18H12F3N5O2S. The molecule has 1 amide bonds. The van der Waals surface area contributed by atoms with Crippen LogP contribution in [0.4, 0.5) is 19.0 Å². The zero-order chi connectivity index (χ0) is 20.6. The van der Waals surface area contributed by atoms with Gasteiger partial charge in [-0.05, 0) is 31.2 Å². The highest BCUT2D eigenvalue weighted by Gasteiger charge is 2.32. The number of rotatable bonds is 4. The third-order valence-electron chi connectivity index (χ3n) is 3.81. The fourth-order valence-electron chi connectivity index (χ4n) is 2.62. The van der Waals surface area contributed by atoms with E-state index in [4.69, 9.17) is 0 Å². The van der Waals surface area contributed by atoms with Crippen molar-refractivity contribution in [2.75, 3.05) is 5.32 Å². The first-order chi connectivity index (χ1) is 13.8. The molecule has 0 spiro atoms. The Morgan fingerprint density at radius 3 is 2.66 bits per heavy atom. The van der Waals surface area contributed by atoms with Gasteiger partial charge in [-0.3, -0.25) is 4.79 Å². The van der Waals surface area contributed by atoms with E-state index in [1.54, 1.807) is 18.3 Å². The Balaban J connectivity index is 1.70. The van der Waals surface area contributed by atoms with Crippen molar-refractivity contribution in [3.05, 3.63) is 58.7 Å². The number of imidazole rings is 1. The highest BCUT2D eigenvalue weighted by Crippen LogP contribution is 2.33. The number of alkyl halides is 3. The molecule has 0 saturated carbocycles. The number of halogens is 3. The summed E-state index contributed by atoms with van der Waals surface area (Å²) in [4.78, 5) is 21.4. The topological polar surface area (TPSA) is 81.4 Å².